The molecule has 3 nitrogen and oxygen atoms in total. The first kappa shape index (κ1) is 8.43. The molecule has 0 aromatic rings. The lowest BCUT2D eigenvalue weighted by Gasteiger charge is -2.16. The Morgan fingerprint density at radius 1 is 1.56 bits per heavy atom. The van der Waals surface area contributed by atoms with Crippen molar-refractivity contribution in [3.8, 4) is 0 Å². The number of amidine groups is 1. The molecular weight excluding hydrogens is 116 g/mol. The molecule has 3 N–H and O–H groups in total. The van der Waals surface area contributed by atoms with Gasteiger partial charge in [0.2, 0.25) is 0 Å². The van der Waals surface area contributed by atoms with Crippen LogP contribution in [0, 0.1) is 11.3 Å². The van der Waals surface area contributed by atoms with Crippen LogP contribution in [0.25, 0.3) is 0 Å². The average molecular weight is 130 g/mol. The zero-order valence-electron chi connectivity index (χ0n) is 6.14. The fourth-order valence-electron chi connectivity index (χ4n) is 0.758. The molecule has 0 heterocycles. The second-order valence-electron chi connectivity index (χ2n) is 2.36. The quantitative estimate of drug-likeness (QED) is 0.434. The van der Waals surface area contributed by atoms with Gasteiger partial charge in [-0.2, -0.15) is 0 Å². The predicted octanol–water partition coefficient (Wildman–Crippen LogP) is 0.593. The summed E-state index contributed by atoms with van der Waals surface area (Å²) in [6.07, 6.45) is -0.218. The third-order valence-electron chi connectivity index (χ3n) is 1.17. The van der Waals surface area contributed by atoms with E-state index in [4.69, 9.17) is 15.9 Å². The molecule has 0 rings (SSSR count). The van der Waals surface area contributed by atoms with E-state index in [1.54, 1.807) is 7.11 Å². The lowest BCUT2D eigenvalue weighted by atomic mass is 10.1. The fourth-order valence-corrected chi connectivity index (χ4v) is 0.758. The van der Waals surface area contributed by atoms with Crippen LogP contribution in [0.3, 0.4) is 0 Å². The second-order valence-corrected chi connectivity index (χ2v) is 2.36. The summed E-state index contributed by atoms with van der Waals surface area (Å²) >= 11 is 0. The lowest BCUT2D eigenvalue weighted by molar-refractivity contribution is 0.117. The monoisotopic (exact) mass is 130 g/mol. The SMILES string of the molecule is COC(C(=N)N)C(C)C. The Labute approximate surface area is 55.7 Å². The normalized spacial score (nSPS) is 13.8. The standard InChI is InChI=1S/C6H14N2O/c1-4(2)5(9-3)6(7)8/h4-5H,1-3H3,(H3,7,8). The third kappa shape index (κ3) is 2.46. The van der Waals surface area contributed by atoms with Crippen molar-refractivity contribution in [1.82, 2.24) is 0 Å². The van der Waals surface area contributed by atoms with Gasteiger partial charge >= 0.3 is 0 Å². The highest BCUT2D eigenvalue weighted by atomic mass is 16.5. The van der Waals surface area contributed by atoms with E-state index in [1.165, 1.54) is 0 Å². The molecule has 0 aliphatic carbocycles. The van der Waals surface area contributed by atoms with Gasteiger partial charge in [0.25, 0.3) is 0 Å². The molecule has 0 spiro atoms. The Morgan fingerprint density at radius 3 is 2.00 bits per heavy atom. The van der Waals surface area contributed by atoms with Crippen LogP contribution in [-0.2, 0) is 4.74 Å². The van der Waals surface area contributed by atoms with Crippen LogP contribution in [-0.4, -0.2) is 19.0 Å². The maximum atomic E-state index is 7.03. The molecule has 0 radical (unpaired) electrons. The summed E-state index contributed by atoms with van der Waals surface area (Å²) in [5.74, 6) is 0.389. The van der Waals surface area contributed by atoms with Crippen molar-refractivity contribution in [2.24, 2.45) is 11.7 Å². The van der Waals surface area contributed by atoms with Crippen LogP contribution in [0.1, 0.15) is 13.8 Å². The molecule has 0 amide bonds. The minimum Gasteiger partial charge on any atom is -0.385 e. The van der Waals surface area contributed by atoms with E-state index in [0.29, 0.717) is 0 Å². The zero-order chi connectivity index (χ0) is 7.44. The van der Waals surface area contributed by atoms with Gasteiger partial charge in [-0.25, -0.2) is 0 Å². The largest absolute Gasteiger partial charge is 0.385 e. The Morgan fingerprint density at radius 2 is 2.00 bits per heavy atom. The van der Waals surface area contributed by atoms with Gasteiger partial charge in [-0.05, 0) is 5.92 Å². The molecule has 0 fully saturated rings. The summed E-state index contributed by atoms with van der Waals surface area (Å²) in [7, 11) is 1.56. The van der Waals surface area contributed by atoms with E-state index in [0.717, 1.165) is 0 Å². The number of nitrogens with one attached hydrogen (secondary N) is 1. The van der Waals surface area contributed by atoms with Crippen LogP contribution < -0.4 is 5.73 Å². The summed E-state index contributed by atoms with van der Waals surface area (Å²) in [6.45, 7) is 3.94. The molecule has 1 atom stereocenters. The number of rotatable bonds is 3. The van der Waals surface area contributed by atoms with Gasteiger partial charge < -0.3 is 10.5 Å². The lowest BCUT2D eigenvalue weighted by Crippen LogP contribution is -2.33. The van der Waals surface area contributed by atoms with Gasteiger partial charge in [-0.15, -0.1) is 0 Å². The van der Waals surface area contributed by atoms with E-state index in [2.05, 4.69) is 0 Å². The van der Waals surface area contributed by atoms with Crippen LogP contribution in [0.15, 0.2) is 0 Å². The van der Waals surface area contributed by atoms with Gasteiger partial charge in [-0.1, -0.05) is 13.8 Å². The maximum Gasteiger partial charge on any atom is 0.121 e. The molecule has 0 aliphatic rings. The highest BCUT2D eigenvalue weighted by Crippen LogP contribution is 2.03. The molecule has 0 aromatic carbocycles. The summed E-state index contributed by atoms with van der Waals surface area (Å²) in [5.41, 5.74) is 5.21. The topological polar surface area (TPSA) is 59.1 Å². The van der Waals surface area contributed by atoms with Crippen LogP contribution in [0.4, 0.5) is 0 Å². The molecule has 0 bridgehead atoms. The highest BCUT2D eigenvalue weighted by Gasteiger charge is 2.14. The molecule has 1 unspecified atom stereocenters. The Balaban J connectivity index is 3.83. The van der Waals surface area contributed by atoms with Crippen molar-refractivity contribution in [3.05, 3.63) is 0 Å². The van der Waals surface area contributed by atoms with Crippen molar-refractivity contribution in [2.45, 2.75) is 20.0 Å². The van der Waals surface area contributed by atoms with E-state index >= 15 is 0 Å². The number of ether oxygens (including phenoxy) is 1. The average Bonchev–Trinajstić information content (AvgIpc) is 1.64. The first-order valence-electron chi connectivity index (χ1n) is 2.96. The number of hydrogen-bond acceptors (Lipinski definition) is 2. The molecule has 0 saturated heterocycles. The van der Waals surface area contributed by atoms with Gasteiger partial charge in [0.1, 0.15) is 11.9 Å². The zero-order valence-corrected chi connectivity index (χ0v) is 6.14. The molecule has 0 aromatic heterocycles. The Bertz CT molecular complexity index is 101. The van der Waals surface area contributed by atoms with Crippen molar-refractivity contribution in [3.63, 3.8) is 0 Å². The highest BCUT2D eigenvalue weighted by molar-refractivity contribution is 5.81. The first-order chi connectivity index (χ1) is 4.09. The van der Waals surface area contributed by atoms with Gasteiger partial charge in [-0.3, -0.25) is 5.41 Å². The number of methoxy groups -OCH3 is 1. The first-order valence-corrected chi connectivity index (χ1v) is 2.96. The van der Waals surface area contributed by atoms with Gasteiger partial charge in [0, 0.05) is 7.11 Å². The van der Waals surface area contributed by atoms with Crippen molar-refractivity contribution in [1.29, 1.82) is 5.41 Å². The minimum atomic E-state index is -0.218. The van der Waals surface area contributed by atoms with E-state index < -0.39 is 0 Å². The molecule has 0 aliphatic heterocycles. The summed E-state index contributed by atoms with van der Waals surface area (Å²) < 4.78 is 4.92. The van der Waals surface area contributed by atoms with Crippen molar-refractivity contribution >= 4 is 5.84 Å². The van der Waals surface area contributed by atoms with Crippen molar-refractivity contribution in [2.75, 3.05) is 7.11 Å². The van der Waals surface area contributed by atoms with Crippen LogP contribution in [0.5, 0.6) is 0 Å². The smallest absolute Gasteiger partial charge is 0.121 e. The van der Waals surface area contributed by atoms with Crippen molar-refractivity contribution < 1.29 is 4.74 Å². The van der Waals surface area contributed by atoms with E-state index in [-0.39, 0.29) is 17.9 Å². The minimum absolute atomic E-state index is 0.104. The molecular formula is C6H14N2O. The van der Waals surface area contributed by atoms with E-state index in [1.807, 2.05) is 13.8 Å². The van der Waals surface area contributed by atoms with Crippen LogP contribution in [0.2, 0.25) is 0 Å². The fraction of sp³-hybridized carbons (Fsp3) is 0.833. The molecule has 0 saturated carbocycles. The van der Waals surface area contributed by atoms with Gasteiger partial charge in [0.05, 0.1) is 0 Å². The number of hydrogen-bond donors (Lipinski definition) is 2. The predicted molar refractivity (Wildman–Crippen MR) is 37.5 cm³/mol. The summed E-state index contributed by atoms with van der Waals surface area (Å²) in [6, 6.07) is 0. The summed E-state index contributed by atoms with van der Waals surface area (Å²) in [4.78, 5) is 0. The third-order valence-corrected chi connectivity index (χ3v) is 1.17. The molecule has 54 valence electrons. The summed E-state index contributed by atoms with van der Waals surface area (Å²) in [5, 5.41) is 7.03. The second kappa shape index (κ2) is 3.45. The Kier molecular flexibility index (Phi) is 3.24. The Hall–Kier alpha value is -0.570. The van der Waals surface area contributed by atoms with Gasteiger partial charge in [0.15, 0.2) is 0 Å². The van der Waals surface area contributed by atoms with E-state index in [9.17, 15) is 0 Å². The maximum absolute atomic E-state index is 7.03. The molecule has 3 heteroatoms. The van der Waals surface area contributed by atoms with Crippen LogP contribution >= 0.6 is 0 Å². The number of nitrogens with two attached hydrogens (primary N) is 1. The molecule has 9 heavy (non-hydrogen) atoms.